The Labute approximate surface area is 129 Å². The van der Waals surface area contributed by atoms with E-state index in [0.29, 0.717) is 26.2 Å². The highest BCUT2D eigenvalue weighted by molar-refractivity contribution is 5.76. The average molecular weight is 306 g/mol. The molecule has 1 saturated heterocycles. The van der Waals surface area contributed by atoms with E-state index in [0.717, 1.165) is 12.8 Å². The smallest absolute Gasteiger partial charge is 0.250 e. The molecule has 6 heteroatoms. The van der Waals surface area contributed by atoms with Crippen molar-refractivity contribution < 1.29 is 14.6 Å². The largest absolute Gasteiger partial charge is 0.392 e. The van der Waals surface area contributed by atoms with Crippen LogP contribution in [0.2, 0.25) is 0 Å². The molecule has 1 aromatic heterocycles. The van der Waals surface area contributed by atoms with Crippen molar-refractivity contribution in [1.82, 2.24) is 9.88 Å². The van der Waals surface area contributed by atoms with Gasteiger partial charge in [-0.1, -0.05) is 6.07 Å². The molecular formula is C16H22N2O4. The molecule has 3 rings (SSSR count). The summed E-state index contributed by atoms with van der Waals surface area (Å²) in [5, 5.41) is 13.1. The van der Waals surface area contributed by atoms with Gasteiger partial charge < -0.3 is 19.7 Å². The van der Waals surface area contributed by atoms with E-state index in [-0.39, 0.29) is 35.4 Å². The average Bonchev–Trinajstić information content (AvgIpc) is 2.54. The van der Waals surface area contributed by atoms with Crippen LogP contribution < -0.4 is 10.9 Å². The molecule has 1 amide bonds. The first-order valence-electron chi connectivity index (χ1n) is 7.82. The summed E-state index contributed by atoms with van der Waals surface area (Å²) < 4.78 is 6.89. The molecule has 2 atom stereocenters. The van der Waals surface area contributed by atoms with E-state index < -0.39 is 0 Å². The quantitative estimate of drug-likeness (QED) is 0.837. The highest BCUT2D eigenvalue weighted by Gasteiger charge is 2.55. The van der Waals surface area contributed by atoms with E-state index in [4.69, 9.17) is 4.74 Å². The number of aliphatic hydroxyl groups is 1. The number of amides is 1. The third kappa shape index (κ3) is 2.80. The van der Waals surface area contributed by atoms with Crippen LogP contribution in [0.3, 0.4) is 0 Å². The van der Waals surface area contributed by atoms with Gasteiger partial charge >= 0.3 is 0 Å². The Hall–Kier alpha value is -1.66. The SMILES string of the molecule is O=C(CCn1ccccc1=O)N[C@@H]1C[C@@H](O)C12CCOCC2. The van der Waals surface area contributed by atoms with Gasteiger partial charge in [-0.15, -0.1) is 0 Å². The second-order valence-corrected chi connectivity index (χ2v) is 6.20. The number of ether oxygens (including phenoxy) is 1. The van der Waals surface area contributed by atoms with Crippen LogP contribution >= 0.6 is 0 Å². The molecule has 1 saturated carbocycles. The topological polar surface area (TPSA) is 80.6 Å². The number of aryl methyl sites for hydroxylation is 1. The molecule has 6 nitrogen and oxygen atoms in total. The lowest BCUT2D eigenvalue weighted by molar-refractivity contribution is -0.156. The van der Waals surface area contributed by atoms with Crippen molar-refractivity contribution >= 4 is 5.91 Å². The van der Waals surface area contributed by atoms with Crippen molar-refractivity contribution in [3.8, 4) is 0 Å². The number of carbonyl (C=O) groups is 1. The minimum absolute atomic E-state index is 0.0198. The molecule has 1 aliphatic carbocycles. The fourth-order valence-corrected chi connectivity index (χ4v) is 3.53. The molecular weight excluding hydrogens is 284 g/mol. The Morgan fingerprint density at radius 2 is 2.18 bits per heavy atom. The lowest BCUT2D eigenvalue weighted by Gasteiger charge is -2.55. The first-order chi connectivity index (χ1) is 10.6. The van der Waals surface area contributed by atoms with Gasteiger partial charge in [0, 0.05) is 49.9 Å². The number of hydrogen-bond donors (Lipinski definition) is 2. The van der Waals surface area contributed by atoms with E-state index in [1.165, 1.54) is 10.6 Å². The Kier molecular flexibility index (Phi) is 4.31. The molecule has 1 aromatic rings. The second-order valence-electron chi connectivity index (χ2n) is 6.20. The number of pyridine rings is 1. The molecule has 2 N–H and O–H groups in total. The molecule has 22 heavy (non-hydrogen) atoms. The Balaban J connectivity index is 1.54. The maximum Gasteiger partial charge on any atom is 0.250 e. The minimum atomic E-state index is -0.349. The second kappa shape index (κ2) is 6.22. The number of hydrogen-bond acceptors (Lipinski definition) is 4. The summed E-state index contributed by atoms with van der Waals surface area (Å²) in [6.07, 6.45) is 3.79. The number of aromatic nitrogens is 1. The summed E-state index contributed by atoms with van der Waals surface area (Å²) in [5.74, 6) is -0.0708. The molecule has 1 aliphatic heterocycles. The monoisotopic (exact) mass is 306 g/mol. The molecule has 120 valence electrons. The van der Waals surface area contributed by atoms with Gasteiger partial charge in [0.2, 0.25) is 5.91 Å². The summed E-state index contributed by atoms with van der Waals surface area (Å²) >= 11 is 0. The number of nitrogens with zero attached hydrogens (tertiary/aromatic N) is 1. The van der Waals surface area contributed by atoms with Gasteiger partial charge in [-0.05, 0) is 25.3 Å². The zero-order valence-corrected chi connectivity index (χ0v) is 12.5. The Morgan fingerprint density at radius 3 is 2.86 bits per heavy atom. The normalized spacial score (nSPS) is 26.4. The molecule has 0 aromatic carbocycles. The van der Waals surface area contributed by atoms with Crippen molar-refractivity contribution in [1.29, 1.82) is 0 Å². The van der Waals surface area contributed by atoms with Crippen molar-refractivity contribution in [2.24, 2.45) is 5.41 Å². The van der Waals surface area contributed by atoms with Crippen LogP contribution in [0, 0.1) is 5.41 Å². The van der Waals surface area contributed by atoms with Crippen molar-refractivity contribution in [2.45, 2.75) is 44.4 Å². The van der Waals surface area contributed by atoms with Gasteiger partial charge in [-0.25, -0.2) is 0 Å². The first kappa shape index (κ1) is 15.2. The van der Waals surface area contributed by atoms with Crippen molar-refractivity contribution in [3.63, 3.8) is 0 Å². The predicted molar refractivity (Wildman–Crippen MR) is 80.4 cm³/mol. The van der Waals surface area contributed by atoms with Crippen LogP contribution in [0.25, 0.3) is 0 Å². The summed E-state index contributed by atoms with van der Waals surface area (Å²) in [5.41, 5.74) is -0.312. The van der Waals surface area contributed by atoms with Crippen molar-refractivity contribution in [2.75, 3.05) is 13.2 Å². The van der Waals surface area contributed by atoms with Gasteiger partial charge in [0.1, 0.15) is 0 Å². The number of nitrogens with one attached hydrogen (secondary N) is 1. The van der Waals surface area contributed by atoms with Crippen LogP contribution in [0.5, 0.6) is 0 Å². The zero-order valence-electron chi connectivity index (χ0n) is 12.5. The summed E-state index contributed by atoms with van der Waals surface area (Å²) in [6, 6.07) is 4.96. The fourth-order valence-electron chi connectivity index (χ4n) is 3.53. The molecule has 2 aliphatic rings. The van der Waals surface area contributed by atoms with E-state index >= 15 is 0 Å². The highest BCUT2D eigenvalue weighted by atomic mass is 16.5. The highest BCUT2D eigenvalue weighted by Crippen LogP contribution is 2.48. The van der Waals surface area contributed by atoms with E-state index in [1.54, 1.807) is 18.3 Å². The molecule has 0 bridgehead atoms. The maximum atomic E-state index is 12.1. The molecule has 2 heterocycles. The van der Waals surface area contributed by atoms with Crippen LogP contribution in [-0.2, 0) is 16.1 Å². The number of rotatable bonds is 4. The van der Waals surface area contributed by atoms with Crippen molar-refractivity contribution in [3.05, 3.63) is 34.7 Å². The van der Waals surface area contributed by atoms with Gasteiger partial charge in [0.15, 0.2) is 0 Å². The fraction of sp³-hybridized carbons (Fsp3) is 0.625. The van der Waals surface area contributed by atoms with Crippen LogP contribution in [-0.4, -0.2) is 40.9 Å². The van der Waals surface area contributed by atoms with E-state index in [2.05, 4.69) is 5.32 Å². The molecule has 0 radical (unpaired) electrons. The Morgan fingerprint density at radius 1 is 1.41 bits per heavy atom. The number of carbonyl (C=O) groups excluding carboxylic acids is 1. The summed E-state index contributed by atoms with van der Waals surface area (Å²) in [6.45, 7) is 1.66. The molecule has 1 spiro atoms. The summed E-state index contributed by atoms with van der Waals surface area (Å²) in [7, 11) is 0. The van der Waals surface area contributed by atoms with Crippen LogP contribution in [0.4, 0.5) is 0 Å². The lowest BCUT2D eigenvalue weighted by atomic mass is 9.58. The molecule has 2 fully saturated rings. The third-order valence-electron chi connectivity index (χ3n) is 5.05. The summed E-state index contributed by atoms with van der Waals surface area (Å²) in [4.78, 5) is 23.7. The third-order valence-corrected chi connectivity index (χ3v) is 5.05. The van der Waals surface area contributed by atoms with Crippen LogP contribution in [0.15, 0.2) is 29.2 Å². The standard InChI is InChI=1S/C16H22N2O4/c19-13-11-12(16(13)5-9-22-10-6-16)17-14(20)4-8-18-7-2-1-3-15(18)21/h1-3,7,12-13,19H,4-6,8-11H2,(H,17,20)/t12-,13-/m1/s1. The Bertz CT molecular complexity index is 592. The minimum Gasteiger partial charge on any atom is -0.392 e. The van der Waals surface area contributed by atoms with Gasteiger partial charge in [0.05, 0.1) is 6.10 Å². The first-order valence-corrected chi connectivity index (χ1v) is 7.82. The van der Waals surface area contributed by atoms with Gasteiger partial charge in [0.25, 0.3) is 5.56 Å². The van der Waals surface area contributed by atoms with E-state index in [1.807, 2.05) is 0 Å². The zero-order chi connectivity index (χ0) is 15.6. The lowest BCUT2D eigenvalue weighted by Crippen LogP contribution is -2.65. The number of aliphatic hydroxyl groups excluding tert-OH is 1. The maximum absolute atomic E-state index is 12.1. The van der Waals surface area contributed by atoms with Gasteiger partial charge in [-0.2, -0.15) is 0 Å². The molecule has 0 unspecified atom stereocenters. The van der Waals surface area contributed by atoms with Crippen LogP contribution in [0.1, 0.15) is 25.7 Å². The van der Waals surface area contributed by atoms with Gasteiger partial charge in [-0.3, -0.25) is 9.59 Å². The predicted octanol–water partition coefficient (Wildman–Crippen LogP) is 0.285. The van der Waals surface area contributed by atoms with E-state index in [9.17, 15) is 14.7 Å².